The molecule has 0 N–H and O–H groups in total. The highest BCUT2D eigenvalue weighted by molar-refractivity contribution is 7.10. The molecule has 1 heterocycles. The molecule has 0 spiro atoms. The van der Waals surface area contributed by atoms with Crippen molar-refractivity contribution in [2.75, 3.05) is 0 Å². The van der Waals surface area contributed by atoms with Gasteiger partial charge in [-0.05, 0) is 41.7 Å². The van der Waals surface area contributed by atoms with Gasteiger partial charge in [-0.2, -0.15) is 0 Å². The predicted octanol–water partition coefficient (Wildman–Crippen LogP) is 3.26. The Morgan fingerprint density at radius 2 is 2.27 bits per heavy atom. The molecule has 60 valence electrons. The van der Waals surface area contributed by atoms with Crippen molar-refractivity contribution in [1.82, 2.24) is 0 Å². The fraction of sp³-hybridized carbons (Fsp3) is 0.600. The molecule has 0 nitrogen and oxygen atoms in total. The van der Waals surface area contributed by atoms with Crippen LogP contribution in [0.15, 0.2) is 11.4 Å². The van der Waals surface area contributed by atoms with Gasteiger partial charge in [0.2, 0.25) is 0 Å². The average molecular weight is 166 g/mol. The van der Waals surface area contributed by atoms with Crippen LogP contribution in [0.1, 0.15) is 30.7 Å². The van der Waals surface area contributed by atoms with Gasteiger partial charge in [0.1, 0.15) is 0 Å². The molecule has 2 rings (SSSR count). The summed E-state index contributed by atoms with van der Waals surface area (Å²) >= 11 is 1.93. The first-order chi connectivity index (χ1) is 5.17. The van der Waals surface area contributed by atoms with E-state index in [1.165, 1.54) is 19.3 Å². The monoisotopic (exact) mass is 166 g/mol. The number of fused-ring (bicyclic) bond motifs is 1. The van der Waals surface area contributed by atoms with Crippen LogP contribution < -0.4 is 0 Å². The largest absolute Gasteiger partial charge is 0.149 e. The summed E-state index contributed by atoms with van der Waals surface area (Å²) in [5.74, 6) is 0. The van der Waals surface area contributed by atoms with E-state index < -0.39 is 0 Å². The lowest BCUT2D eigenvalue weighted by molar-refractivity contribution is 0.318. The van der Waals surface area contributed by atoms with Crippen molar-refractivity contribution >= 4 is 11.3 Å². The number of hydrogen-bond acceptors (Lipinski definition) is 1. The van der Waals surface area contributed by atoms with Crippen LogP contribution in [-0.2, 0) is 12.8 Å². The average Bonchev–Trinajstić information content (AvgIpc) is 2.31. The first-order valence-electron chi connectivity index (χ1n) is 4.23. The van der Waals surface area contributed by atoms with E-state index >= 15 is 0 Å². The van der Waals surface area contributed by atoms with Gasteiger partial charge in [0, 0.05) is 4.88 Å². The Kier molecular flexibility index (Phi) is 1.57. The maximum atomic E-state index is 2.37. The molecular formula is C10H14S. The molecule has 1 aliphatic carbocycles. The minimum absolute atomic E-state index is 0.550. The molecule has 11 heavy (non-hydrogen) atoms. The number of aryl methyl sites for hydroxylation is 1. The second-order valence-corrected chi connectivity index (χ2v) is 5.21. The summed E-state index contributed by atoms with van der Waals surface area (Å²) in [7, 11) is 0. The third-order valence-electron chi connectivity index (χ3n) is 2.54. The fourth-order valence-electron chi connectivity index (χ4n) is 1.80. The molecule has 1 heteroatoms. The predicted molar refractivity (Wildman–Crippen MR) is 50.1 cm³/mol. The van der Waals surface area contributed by atoms with Crippen LogP contribution in [0.2, 0.25) is 0 Å². The first kappa shape index (κ1) is 7.35. The number of thiophene rings is 1. The van der Waals surface area contributed by atoms with Gasteiger partial charge in [-0.25, -0.2) is 0 Å². The van der Waals surface area contributed by atoms with E-state index in [4.69, 9.17) is 0 Å². The summed E-state index contributed by atoms with van der Waals surface area (Å²) in [5, 5.41) is 2.23. The second-order valence-electron chi connectivity index (χ2n) is 4.21. The molecule has 0 fully saturated rings. The number of hydrogen-bond donors (Lipinski definition) is 0. The van der Waals surface area contributed by atoms with E-state index in [1.807, 2.05) is 11.3 Å². The molecule has 1 aromatic rings. The van der Waals surface area contributed by atoms with Crippen molar-refractivity contribution in [2.24, 2.45) is 5.41 Å². The minimum atomic E-state index is 0.550. The highest BCUT2D eigenvalue weighted by Crippen LogP contribution is 2.36. The molecule has 0 saturated carbocycles. The van der Waals surface area contributed by atoms with Crippen molar-refractivity contribution in [1.29, 1.82) is 0 Å². The Balaban J connectivity index is 2.32. The van der Waals surface area contributed by atoms with Crippen LogP contribution in [0.25, 0.3) is 0 Å². The van der Waals surface area contributed by atoms with E-state index in [1.54, 1.807) is 10.4 Å². The second kappa shape index (κ2) is 2.34. The lowest BCUT2D eigenvalue weighted by Gasteiger charge is -2.29. The lowest BCUT2D eigenvalue weighted by Crippen LogP contribution is -2.20. The van der Waals surface area contributed by atoms with Crippen LogP contribution in [0.3, 0.4) is 0 Å². The quantitative estimate of drug-likeness (QED) is 0.555. The van der Waals surface area contributed by atoms with Gasteiger partial charge in [-0.15, -0.1) is 11.3 Å². The fourth-order valence-corrected chi connectivity index (χ4v) is 2.71. The van der Waals surface area contributed by atoms with E-state index in [9.17, 15) is 0 Å². The zero-order valence-corrected chi connectivity index (χ0v) is 8.00. The Bertz CT molecular complexity index is 258. The third kappa shape index (κ3) is 1.34. The van der Waals surface area contributed by atoms with Gasteiger partial charge < -0.3 is 0 Å². The van der Waals surface area contributed by atoms with Crippen LogP contribution in [-0.4, -0.2) is 0 Å². The van der Waals surface area contributed by atoms with Crippen molar-refractivity contribution in [3.8, 4) is 0 Å². The topological polar surface area (TPSA) is 0 Å². The molecule has 0 radical (unpaired) electrons. The Labute approximate surface area is 72.3 Å². The summed E-state index contributed by atoms with van der Waals surface area (Å²) in [6, 6.07) is 2.29. The van der Waals surface area contributed by atoms with Crippen LogP contribution >= 0.6 is 11.3 Å². The molecule has 0 amide bonds. The zero-order valence-electron chi connectivity index (χ0n) is 7.18. The third-order valence-corrected chi connectivity index (χ3v) is 3.56. The molecular weight excluding hydrogens is 152 g/mol. The molecule has 0 atom stereocenters. The van der Waals surface area contributed by atoms with Crippen molar-refractivity contribution in [3.05, 3.63) is 21.9 Å². The summed E-state index contributed by atoms with van der Waals surface area (Å²) in [5.41, 5.74) is 2.15. The molecule has 0 bridgehead atoms. The summed E-state index contributed by atoms with van der Waals surface area (Å²) in [4.78, 5) is 1.63. The first-order valence-corrected chi connectivity index (χ1v) is 5.11. The van der Waals surface area contributed by atoms with E-state index in [2.05, 4.69) is 25.3 Å². The molecule has 1 aromatic heterocycles. The summed E-state index contributed by atoms with van der Waals surface area (Å²) < 4.78 is 0. The van der Waals surface area contributed by atoms with E-state index in [0.29, 0.717) is 5.41 Å². The maximum Gasteiger partial charge on any atom is 0.00776 e. The van der Waals surface area contributed by atoms with E-state index in [0.717, 1.165) is 0 Å². The highest BCUT2D eigenvalue weighted by atomic mass is 32.1. The van der Waals surface area contributed by atoms with Crippen molar-refractivity contribution in [3.63, 3.8) is 0 Å². The molecule has 0 aromatic carbocycles. The van der Waals surface area contributed by atoms with Crippen LogP contribution in [0.5, 0.6) is 0 Å². The van der Waals surface area contributed by atoms with Crippen LogP contribution in [0, 0.1) is 5.41 Å². The van der Waals surface area contributed by atoms with E-state index in [-0.39, 0.29) is 0 Å². The summed E-state index contributed by atoms with van der Waals surface area (Å²) in [6.07, 6.45) is 3.95. The molecule has 0 unspecified atom stereocenters. The Hall–Kier alpha value is -0.300. The van der Waals surface area contributed by atoms with Gasteiger partial charge in [-0.1, -0.05) is 13.8 Å². The van der Waals surface area contributed by atoms with Gasteiger partial charge in [-0.3, -0.25) is 0 Å². The van der Waals surface area contributed by atoms with Crippen molar-refractivity contribution < 1.29 is 0 Å². The zero-order chi connectivity index (χ0) is 7.90. The number of rotatable bonds is 0. The summed E-state index contributed by atoms with van der Waals surface area (Å²) in [6.45, 7) is 4.74. The van der Waals surface area contributed by atoms with Gasteiger partial charge >= 0.3 is 0 Å². The molecule has 0 aliphatic heterocycles. The van der Waals surface area contributed by atoms with Gasteiger partial charge in [0.25, 0.3) is 0 Å². The molecule has 0 saturated heterocycles. The van der Waals surface area contributed by atoms with Gasteiger partial charge in [0.15, 0.2) is 0 Å². The van der Waals surface area contributed by atoms with Gasteiger partial charge in [0.05, 0.1) is 0 Å². The Morgan fingerprint density at radius 1 is 1.45 bits per heavy atom. The standard InChI is InChI=1S/C10H14S/c1-10(2)5-3-9-8(7-10)4-6-11-9/h4,6H,3,5,7H2,1-2H3. The van der Waals surface area contributed by atoms with Crippen LogP contribution in [0.4, 0.5) is 0 Å². The molecule has 1 aliphatic rings. The Morgan fingerprint density at radius 3 is 3.09 bits per heavy atom. The normalized spacial score (nSPS) is 21.3. The maximum absolute atomic E-state index is 2.37. The van der Waals surface area contributed by atoms with Crippen molar-refractivity contribution in [2.45, 2.75) is 33.1 Å². The highest BCUT2D eigenvalue weighted by Gasteiger charge is 2.25. The SMILES string of the molecule is CC1(C)CCc2sccc2C1. The lowest BCUT2D eigenvalue weighted by atomic mass is 9.77. The minimum Gasteiger partial charge on any atom is -0.149 e. The smallest absolute Gasteiger partial charge is 0.00776 e.